The standard InChI is InChI=1S/C20H20N6O2S2.C7H8/c1-11-10-30-16(23-11)9-26(3)20(27)15-7-13(18-25-24-17(28-18)12(2)21)6-14(8-15)19-22-4-5-29-19;1-7-5-3-2-4-6-7/h4-8,10,12H,9,21H2,1-3H3;2-6H,1H3/t12-;/m0./s1. The molecule has 0 aliphatic heterocycles. The SMILES string of the molecule is Cc1ccccc1.Cc1csc(CN(C)C(=O)c2cc(-c3nnc([C@H](C)N)o3)cc(-c3nccs3)c2)n1. The summed E-state index contributed by atoms with van der Waals surface area (Å²) in [4.78, 5) is 23.6. The Morgan fingerprint density at radius 2 is 1.84 bits per heavy atom. The number of carbonyl (C=O) groups excluding carboxylic acids is 1. The normalized spacial score (nSPS) is 11.5. The van der Waals surface area contributed by atoms with Crippen molar-refractivity contribution >= 4 is 28.6 Å². The van der Waals surface area contributed by atoms with E-state index in [2.05, 4.69) is 39.2 Å². The average molecular weight is 533 g/mol. The molecule has 0 saturated carbocycles. The Balaban J connectivity index is 0.000000396. The molecule has 3 heterocycles. The highest BCUT2D eigenvalue weighted by atomic mass is 32.1. The predicted octanol–water partition coefficient (Wildman–Crippen LogP) is 5.91. The van der Waals surface area contributed by atoms with Crippen LogP contribution in [0.3, 0.4) is 0 Å². The molecule has 1 atom stereocenters. The molecular formula is C27H28N6O2S2. The first-order valence-corrected chi connectivity index (χ1v) is 13.4. The Labute approximate surface area is 223 Å². The van der Waals surface area contributed by atoms with Gasteiger partial charge in [0.05, 0.1) is 12.6 Å². The number of thiazole rings is 2. The van der Waals surface area contributed by atoms with Crippen LogP contribution < -0.4 is 5.73 Å². The second-order valence-electron chi connectivity index (χ2n) is 8.57. The molecule has 0 bridgehead atoms. The van der Waals surface area contributed by atoms with Crippen LogP contribution in [0, 0.1) is 13.8 Å². The summed E-state index contributed by atoms with van der Waals surface area (Å²) in [6.45, 7) is 6.23. The van der Waals surface area contributed by atoms with E-state index in [9.17, 15) is 4.79 Å². The van der Waals surface area contributed by atoms with E-state index in [1.165, 1.54) is 28.2 Å². The van der Waals surface area contributed by atoms with Gasteiger partial charge in [-0.15, -0.1) is 32.9 Å². The maximum Gasteiger partial charge on any atom is 0.254 e. The van der Waals surface area contributed by atoms with Crippen LogP contribution in [0.1, 0.15) is 45.5 Å². The molecule has 5 rings (SSSR count). The fourth-order valence-corrected chi connectivity index (χ4v) is 4.85. The number of benzene rings is 2. The Kier molecular flexibility index (Phi) is 8.54. The van der Waals surface area contributed by atoms with E-state index in [0.29, 0.717) is 29.5 Å². The molecule has 190 valence electrons. The minimum atomic E-state index is -0.373. The monoisotopic (exact) mass is 532 g/mol. The van der Waals surface area contributed by atoms with Gasteiger partial charge in [0.25, 0.3) is 5.91 Å². The van der Waals surface area contributed by atoms with Crippen molar-refractivity contribution in [3.63, 3.8) is 0 Å². The summed E-state index contributed by atoms with van der Waals surface area (Å²) in [6, 6.07) is 15.4. The van der Waals surface area contributed by atoms with Gasteiger partial charge in [-0.2, -0.15) is 0 Å². The van der Waals surface area contributed by atoms with Gasteiger partial charge in [0.1, 0.15) is 10.0 Å². The van der Waals surface area contributed by atoms with Crippen molar-refractivity contribution in [3.8, 4) is 22.0 Å². The molecule has 3 aromatic heterocycles. The number of nitrogens with zero attached hydrogens (tertiary/aromatic N) is 5. The lowest BCUT2D eigenvalue weighted by atomic mass is 10.0. The Morgan fingerprint density at radius 3 is 2.41 bits per heavy atom. The first-order valence-electron chi connectivity index (χ1n) is 11.6. The van der Waals surface area contributed by atoms with Crippen LogP contribution in [0.15, 0.2) is 69.9 Å². The summed E-state index contributed by atoms with van der Waals surface area (Å²) < 4.78 is 5.70. The van der Waals surface area contributed by atoms with Gasteiger partial charge >= 0.3 is 0 Å². The Hall–Kier alpha value is -3.73. The van der Waals surface area contributed by atoms with E-state index in [0.717, 1.165) is 21.3 Å². The highest BCUT2D eigenvalue weighted by Crippen LogP contribution is 2.30. The van der Waals surface area contributed by atoms with Crippen LogP contribution in [-0.2, 0) is 6.54 Å². The quantitative estimate of drug-likeness (QED) is 0.289. The number of nitrogens with two attached hydrogens (primary N) is 1. The van der Waals surface area contributed by atoms with Crippen molar-refractivity contribution in [3.05, 3.63) is 93.2 Å². The molecule has 0 radical (unpaired) electrons. The molecule has 8 nitrogen and oxygen atoms in total. The third-order valence-corrected chi connectivity index (χ3v) is 7.04. The summed E-state index contributed by atoms with van der Waals surface area (Å²) in [5, 5.41) is 13.6. The van der Waals surface area contributed by atoms with Gasteiger partial charge < -0.3 is 15.1 Å². The van der Waals surface area contributed by atoms with Crippen molar-refractivity contribution in [1.29, 1.82) is 0 Å². The minimum Gasteiger partial charge on any atom is -0.419 e. The first-order chi connectivity index (χ1) is 17.8. The number of carbonyl (C=O) groups is 1. The zero-order chi connectivity index (χ0) is 26.4. The maximum atomic E-state index is 13.2. The average Bonchev–Trinajstić information content (AvgIpc) is 3.66. The topological polar surface area (TPSA) is 111 Å². The summed E-state index contributed by atoms with van der Waals surface area (Å²) >= 11 is 3.03. The number of hydrogen-bond donors (Lipinski definition) is 1. The molecule has 0 fully saturated rings. The number of aryl methyl sites for hydroxylation is 2. The van der Waals surface area contributed by atoms with Crippen LogP contribution in [-0.4, -0.2) is 38.0 Å². The molecule has 0 unspecified atom stereocenters. The number of hydrogen-bond acceptors (Lipinski definition) is 9. The van der Waals surface area contributed by atoms with Crippen LogP contribution in [0.25, 0.3) is 22.0 Å². The van der Waals surface area contributed by atoms with E-state index in [1.807, 2.05) is 48.0 Å². The molecule has 0 saturated heterocycles. The Morgan fingerprint density at radius 1 is 1.08 bits per heavy atom. The molecule has 1 amide bonds. The van der Waals surface area contributed by atoms with Crippen LogP contribution in [0.2, 0.25) is 0 Å². The summed E-state index contributed by atoms with van der Waals surface area (Å²) in [6.07, 6.45) is 1.73. The lowest BCUT2D eigenvalue weighted by Gasteiger charge is -2.16. The summed E-state index contributed by atoms with van der Waals surface area (Å²) in [5.41, 5.74) is 10.1. The van der Waals surface area contributed by atoms with Gasteiger partial charge in [-0.3, -0.25) is 4.79 Å². The molecule has 0 aliphatic carbocycles. The van der Waals surface area contributed by atoms with Crippen LogP contribution in [0.4, 0.5) is 0 Å². The number of amides is 1. The highest BCUT2D eigenvalue weighted by molar-refractivity contribution is 7.13. The minimum absolute atomic E-state index is 0.130. The third kappa shape index (κ3) is 6.94. The van der Waals surface area contributed by atoms with E-state index in [1.54, 1.807) is 31.1 Å². The van der Waals surface area contributed by atoms with Crippen LogP contribution in [0.5, 0.6) is 0 Å². The smallest absolute Gasteiger partial charge is 0.254 e. The number of aromatic nitrogens is 4. The van der Waals surface area contributed by atoms with Gasteiger partial charge in [0.2, 0.25) is 11.8 Å². The molecule has 37 heavy (non-hydrogen) atoms. The van der Waals surface area contributed by atoms with E-state index >= 15 is 0 Å². The zero-order valence-corrected chi connectivity index (χ0v) is 22.7. The summed E-state index contributed by atoms with van der Waals surface area (Å²) in [5.74, 6) is 0.524. The number of rotatable bonds is 6. The van der Waals surface area contributed by atoms with Crippen molar-refractivity contribution in [2.75, 3.05) is 7.05 Å². The second kappa shape index (κ2) is 12.0. The fraction of sp³-hybridized carbons (Fsp3) is 0.222. The molecule has 5 aromatic rings. The van der Waals surface area contributed by atoms with Gasteiger partial charge in [-0.1, -0.05) is 35.9 Å². The van der Waals surface area contributed by atoms with Gasteiger partial charge in [-0.05, 0) is 39.0 Å². The van der Waals surface area contributed by atoms with E-state index in [4.69, 9.17) is 10.2 Å². The van der Waals surface area contributed by atoms with Gasteiger partial charge in [-0.25, -0.2) is 9.97 Å². The third-order valence-electron chi connectivity index (χ3n) is 5.26. The molecule has 2 N–H and O–H groups in total. The van der Waals surface area contributed by atoms with E-state index in [-0.39, 0.29) is 11.9 Å². The van der Waals surface area contributed by atoms with Crippen LogP contribution >= 0.6 is 22.7 Å². The molecular weight excluding hydrogens is 504 g/mol. The molecule has 2 aromatic carbocycles. The summed E-state index contributed by atoms with van der Waals surface area (Å²) in [7, 11) is 1.76. The van der Waals surface area contributed by atoms with Gasteiger partial charge in [0.15, 0.2) is 0 Å². The molecule has 0 spiro atoms. The van der Waals surface area contributed by atoms with E-state index < -0.39 is 0 Å². The highest BCUT2D eigenvalue weighted by Gasteiger charge is 2.19. The first kappa shape index (κ1) is 26.3. The molecule has 10 heteroatoms. The second-order valence-corrected chi connectivity index (χ2v) is 10.4. The maximum absolute atomic E-state index is 13.2. The molecule has 0 aliphatic rings. The lowest BCUT2D eigenvalue weighted by Crippen LogP contribution is -2.26. The largest absolute Gasteiger partial charge is 0.419 e. The van der Waals surface area contributed by atoms with Crippen molar-refractivity contribution < 1.29 is 9.21 Å². The fourth-order valence-electron chi connectivity index (χ4n) is 3.40. The van der Waals surface area contributed by atoms with Gasteiger partial charge in [0, 0.05) is 46.4 Å². The Bertz CT molecular complexity index is 1440. The van der Waals surface area contributed by atoms with Crippen molar-refractivity contribution in [2.45, 2.75) is 33.4 Å². The lowest BCUT2D eigenvalue weighted by molar-refractivity contribution is 0.0785. The van der Waals surface area contributed by atoms with Crippen molar-refractivity contribution in [2.24, 2.45) is 5.73 Å². The predicted molar refractivity (Wildman–Crippen MR) is 147 cm³/mol. The zero-order valence-electron chi connectivity index (χ0n) is 21.1. The van der Waals surface area contributed by atoms with Crippen molar-refractivity contribution in [1.82, 2.24) is 25.1 Å².